The Kier molecular flexibility index (Phi) is 2.33. The Morgan fingerprint density at radius 3 is 2.42 bits per heavy atom. The molecule has 0 saturated heterocycles. The highest BCUT2D eigenvalue weighted by Gasteiger charge is 2.20. The molecule has 0 aliphatic carbocycles. The van der Waals surface area contributed by atoms with E-state index in [9.17, 15) is 4.79 Å². The van der Waals surface area contributed by atoms with E-state index < -0.39 is 0 Å². The molecular formula is C9H12N2O. The van der Waals surface area contributed by atoms with Crippen LogP contribution in [-0.2, 0) is 4.79 Å². The molecule has 0 aromatic heterocycles. The van der Waals surface area contributed by atoms with Crippen LogP contribution in [0.3, 0.4) is 0 Å². The summed E-state index contributed by atoms with van der Waals surface area (Å²) in [6, 6.07) is -0.207. The third-order valence-corrected chi connectivity index (χ3v) is 1.72. The van der Waals surface area contributed by atoms with Crippen molar-refractivity contribution in [3.05, 3.63) is 36.7 Å². The first-order valence-corrected chi connectivity index (χ1v) is 3.75. The summed E-state index contributed by atoms with van der Waals surface area (Å²) in [6.45, 7) is 8.99. The summed E-state index contributed by atoms with van der Waals surface area (Å²) in [7, 11) is 0. The summed E-state index contributed by atoms with van der Waals surface area (Å²) in [6.07, 6.45) is 3.25. The van der Waals surface area contributed by atoms with Crippen LogP contribution in [0.25, 0.3) is 0 Å². The van der Waals surface area contributed by atoms with E-state index in [1.54, 1.807) is 19.1 Å². The average molecular weight is 164 g/mol. The molecule has 1 aliphatic heterocycles. The van der Waals surface area contributed by atoms with Crippen molar-refractivity contribution >= 4 is 5.91 Å². The Balaban J connectivity index is 2.97. The van der Waals surface area contributed by atoms with Gasteiger partial charge in [-0.25, -0.2) is 0 Å². The van der Waals surface area contributed by atoms with Crippen molar-refractivity contribution in [2.24, 2.45) is 0 Å². The fourth-order valence-corrected chi connectivity index (χ4v) is 1.01. The zero-order chi connectivity index (χ0) is 9.14. The summed E-state index contributed by atoms with van der Waals surface area (Å²) in [5, 5.41) is 5.70. The fraction of sp³-hybridized carbons (Fsp3) is 0.222. The Bertz CT molecular complexity index is 266. The zero-order valence-electron chi connectivity index (χ0n) is 7.05. The number of allylic oxidation sites excluding steroid dienone is 2. The first-order chi connectivity index (χ1) is 5.69. The summed E-state index contributed by atoms with van der Waals surface area (Å²) in [5.74, 6) is -0.0458. The summed E-state index contributed by atoms with van der Waals surface area (Å²) >= 11 is 0. The summed E-state index contributed by atoms with van der Waals surface area (Å²) < 4.78 is 0. The van der Waals surface area contributed by atoms with Crippen LogP contribution in [0.4, 0.5) is 0 Å². The fourth-order valence-electron chi connectivity index (χ4n) is 1.01. The van der Waals surface area contributed by atoms with Gasteiger partial charge in [-0.1, -0.05) is 13.2 Å². The Labute approximate surface area is 71.8 Å². The van der Waals surface area contributed by atoms with E-state index in [-0.39, 0.29) is 11.9 Å². The number of nitrogens with one attached hydrogen (secondary N) is 2. The molecule has 0 aromatic carbocycles. The van der Waals surface area contributed by atoms with Crippen LogP contribution in [0.1, 0.15) is 6.92 Å². The van der Waals surface area contributed by atoms with E-state index in [0.717, 1.165) is 5.70 Å². The lowest BCUT2D eigenvalue weighted by Crippen LogP contribution is -2.46. The highest BCUT2D eigenvalue weighted by molar-refractivity contribution is 5.85. The summed E-state index contributed by atoms with van der Waals surface area (Å²) in [5.41, 5.74) is 1.50. The molecular weight excluding hydrogens is 152 g/mol. The maximum Gasteiger partial charge on any atom is 0.246 e. The molecule has 0 bridgehead atoms. The van der Waals surface area contributed by atoms with Crippen molar-refractivity contribution in [2.75, 3.05) is 0 Å². The van der Waals surface area contributed by atoms with Crippen molar-refractivity contribution in [1.29, 1.82) is 0 Å². The van der Waals surface area contributed by atoms with E-state index >= 15 is 0 Å². The number of hydrogen-bond acceptors (Lipinski definition) is 2. The predicted molar refractivity (Wildman–Crippen MR) is 48.2 cm³/mol. The molecule has 1 heterocycles. The van der Waals surface area contributed by atoms with E-state index in [1.165, 1.54) is 0 Å². The molecule has 1 amide bonds. The third-order valence-electron chi connectivity index (χ3n) is 1.72. The van der Waals surface area contributed by atoms with Crippen LogP contribution < -0.4 is 10.6 Å². The molecule has 1 rings (SSSR count). The van der Waals surface area contributed by atoms with Gasteiger partial charge in [-0.2, -0.15) is 0 Å². The zero-order valence-corrected chi connectivity index (χ0v) is 7.05. The van der Waals surface area contributed by atoms with Crippen LogP contribution in [-0.4, -0.2) is 11.9 Å². The first-order valence-electron chi connectivity index (χ1n) is 3.75. The lowest BCUT2D eigenvalue weighted by atomic mass is 10.2. The second kappa shape index (κ2) is 3.26. The Morgan fingerprint density at radius 2 is 1.92 bits per heavy atom. The van der Waals surface area contributed by atoms with Crippen molar-refractivity contribution in [2.45, 2.75) is 13.0 Å². The quantitative estimate of drug-likeness (QED) is 0.630. The minimum atomic E-state index is -0.207. The van der Waals surface area contributed by atoms with Gasteiger partial charge in [0.05, 0.1) is 11.4 Å². The molecule has 0 aromatic rings. The van der Waals surface area contributed by atoms with Crippen molar-refractivity contribution in [3.8, 4) is 0 Å². The van der Waals surface area contributed by atoms with E-state index in [4.69, 9.17) is 0 Å². The van der Waals surface area contributed by atoms with Gasteiger partial charge in [0, 0.05) is 0 Å². The van der Waals surface area contributed by atoms with E-state index in [1.807, 2.05) is 0 Å². The molecule has 0 radical (unpaired) electrons. The maximum atomic E-state index is 11.1. The van der Waals surface area contributed by atoms with Crippen LogP contribution in [0.5, 0.6) is 0 Å². The predicted octanol–water partition coefficient (Wildman–Crippen LogP) is 0.678. The highest BCUT2D eigenvalue weighted by Crippen LogP contribution is 2.07. The first kappa shape index (κ1) is 8.59. The van der Waals surface area contributed by atoms with Gasteiger partial charge in [0.2, 0.25) is 5.91 Å². The number of rotatable bonds is 2. The van der Waals surface area contributed by atoms with Gasteiger partial charge in [-0.15, -0.1) is 0 Å². The number of hydrogen-bond donors (Lipinski definition) is 2. The molecule has 1 atom stereocenters. The van der Waals surface area contributed by atoms with Crippen molar-refractivity contribution in [3.63, 3.8) is 0 Å². The average Bonchev–Trinajstić information content (AvgIpc) is 2.09. The molecule has 3 heteroatoms. The molecule has 0 fully saturated rings. The van der Waals surface area contributed by atoms with Gasteiger partial charge in [-0.3, -0.25) is 4.79 Å². The van der Waals surface area contributed by atoms with Crippen LogP contribution >= 0.6 is 0 Å². The smallest absolute Gasteiger partial charge is 0.246 e. The van der Waals surface area contributed by atoms with Gasteiger partial charge in [0.15, 0.2) is 0 Å². The normalized spacial score (nSPS) is 22.8. The lowest BCUT2D eigenvalue weighted by Gasteiger charge is -2.23. The number of carbonyl (C=O) groups is 1. The molecule has 64 valence electrons. The van der Waals surface area contributed by atoms with E-state index in [2.05, 4.69) is 23.8 Å². The second-order valence-corrected chi connectivity index (χ2v) is 2.59. The molecule has 0 saturated carbocycles. The SMILES string of the molecule is C=CC1=C(C=C)NC(C)C(=O)N1. The minimum absolute atomic E-state index is 0.0458. The van der Waals surface area contributed by atoms with Gasteiger partial charge < -0.3 is 10.6 Å². The Morgan fingerprint density at radius 1 is 1.33 bits per heavy atom. The highest BCUT2D eigenvalue weighted by atomic mass is 16.2. The van der Waals surface area contributed by atoms with Crippen LogP contribution in [0.15, 0.2) is 36.7 Å². The van der Waals surface area contributed by atoms with Gasteiger partial charge >= 0.3 is 0 Å². The van der Waals surface area contributed by atoms with Gasteiger partial charge in [0.25, 0.3) is 0 Å². The number of carbonyl (C=O) groups excluding carboxylic acids is 1. The van der Waals surface area contributed by atoms with Crippen LogP contribution in [0, 0.1) is 0 Å². The van der Waals surface area contributed by atoms with Gasteiger partial charge in [-0.05, 0) is 19.1 Å². The monoisotopic (exact) mass is 164 g/mol. The molecule has 0 spiro atoms. The molecule has 3 nitrogen and oxygen atoms in total. The second-order valence-electron chi connectivity index (χ2n) is 2.59. The lowest BCUT2D eigenvalue weighted by molar-refractivity contribution is -0.122. The molecule has 12 heavy (non-hydrogen) atoms. The largest absolute Gasteiger partial charge is 0.372 e. The standard InChI is InChI=1S/C9H12N2O/c1-4-7-8(5-2)11-9(12)6(3)10-7/h4-6,10H,1-2H2,3H3,(H,11,12). The molecule has 1 aliphatic rings. The summed E-state index contributed by atoms with van der Waals surface area (Å²) in [4.78, 5) is 11.1. The topological polar surface area (TPSA) is 41.1 Å². The van der Waals surface area contributed by atoms with Gasteiger partial charge in [0.1, 0.15) is 6.04 Å². The Hall–Kier alpha value is -1.51. The minimum Gasteiger partial charge on any atom is -0.372 e. The molecule has 2 N–H and O–H groups in total. The van der Waals surface area contributed by atoms with E-state index in [0.29, 0.717) is 5.70 Å². The van der Waals surface area contributed by atoms with Crippen LogP contribution in [0.2, 0.25) is 0 Å². The third kappa shape index (κ3) is 1.39. The number of amides is 1. The van der Waals surface area contributed by atoms with Crippen molar-refractivity contribution < 1.29 is 4.79 Å². The molecule has 1 unspecified atom stereocenters. The van der Waals surface area contributed by atoms with Crippen molar-refractivity contribution in [1.82, 2.24) is 10.6 Å². The maximum absolute atomic E-state index is 11.1.